The topological polar surface area (TPSA) is 66.5 Å². The van der Waals surface area contributed by atoms with E-state index in [1.54, 1.807) is 4.90 Å². The summed E-state index contributed by atoms with van der Waals surface area (Å²) in [4.78, 5) is 25.7. The largest absolute Gasteiger partial charge is 0.446 e. The molecule has 0 aromatic heterocycles. The Morgan fingerprint density at radius 2 is 1.96 bits per heavy atom. The van der Waals surface area contributed by atoms with Crippen molar-refractivity contribution in [3.05, 3.63) is 0 Å². The maximum Gasteiger partial charge on any atom is 0.410 e. The van der Waals surface area contributed by atoms with Crippen molar-refractivity contribution >= 4 is 6.09 Å². The summed E-state index contributed by atoms with van der Waals surface area (Å²) in [7, 11) is 0. The van der Waals surface area contributed by atoms with Crippen LogP contribution in [0.5, 0.6) is 0 Å². The zero-order valence-electron chi connectivity index (χ0n) is 14.6. The van der Waals surface area contributed by atoms with Crippen LogP contribution in [-0.4, -0.2) is 55.0 Å². The molecule has 5 aliphatic rings. The van der Waals surface area contributed by atoms with Gasteiger partial charge in [0, 0.05) is 38.3 Å². The molecule has 3 saturated carbocycles. The van der Waals surface area contributed by atoms with Gasteiger partial charge in [0.1, 0.15) is 6.10 Å². The van der Waals surface area contributed by atoms with Crippen molar-refractivity contribution in [2.75, 3.05) is 26.3 Å². The Bertz CT molecular complexity index is 538. The molecule has 2 saturated heterocycles. The molecule has 140 valence electrons. The monoisotopic (exact) mass is 353 g/mol. The summed E-state index contributed by atoms with van der Waals surface area (Å²) in [6, 6.07) is 0. The highest BCUT2D eigenvalue weighted by Crippen LogP contribution is 2.59. The van der Waals surface area contributed by atoms with E-state index in [1.165, 1.54) is 19.3 Å². The van der Waals surface area contributed by atoms with Crippen molar-refractivity contribution in [3.63, 3.8) is 0 Å². The lowest BCUT2D eigenvalue weighted by Gasteiger charge is -2.37. The van der Waals surface area contributed by atoms with Gasteiger partial charge in [-0.15, -0.1) is 0 Å². The fourth-order valence-corrected chi connectivity index (χ4v) is 5.33. The molecule has 5 atom stereocenters. The van der Waals surface area contributed by atoms with E-state index in [-0.39, 0.29) is 12.2 Å². The van der Waals surface area contributed by atoms with E-state index in [9.17, 15) is 4.79 Å². The van der Waals surface area contributed by atoms with E-state index in [0.717, 1.165) is 25.7 Å². The number of fused-ring (bicyclic) bond motifs is 3. The molecular weight excluding hydrogens is 326 g/mol. The van der Waals surface area contributed by atoms with E-state index in [2.05, 4.69) is 0 Å². The molecule has 7 heteroatoms. The third-order valence-corrected chi connectivity index (χ3v) is 6.59. The number of carbonyl (C=O) groups excluding carboxylic acids is 1. The Morgan fingerprint density at radius 3 is 2.72 bits per heavy atom. The van der Waals surface area contributed by atoms with E-state index >= 15 is 0 Å². The lowest BCUT2D eigenvalue weighted by molar-refractivity contribution is -0.363. The Hall–Kier alpha value is -0.890. The molecular formula is C18H27NO6. The zero-order valence-corrected chi connectivity index (χ0v) is 14.6. The summed E-state index contributed by atoms with van der Waals surface area (Å²) < 4.78 is 17.5. The molecule has 3 aliphatic carbocycles. The van der Waals surface area contributed by atoms with Crippen molar-refractivity contribution in [1.29, 1.82) is 0 Å². The first-order chi connectivity index (χ1) is 12.2. The van der Waals surface area contributed by atoms with E-state index in [4.69, 9.17) is 24.0 Å². The average molecular weight is 353 g/mol. The fourth-order valence-electron chi connectivity index (χ4n) is 5.33. The van der Waals surface area contributed by atoms with Crippen molar-refractivity contribution < 1.29 is 28.8 Å². The van der Waals surface area contributed by atoms with Crippen molar-refractivity contribution in [1.82, 2.24) is 4.90 Å². The highest BCUT2D eigenvalue weighted by Gasteiger charge is 2.63. The second kappa shape index (κ2) is 6.08. The first-order valence-corrected chi connectivity index (χ1v) is 9.77. The minimum absolute atomic E-state index is 0.179. The molecule has 2 heterocycles. The number of amides is 1. The van der Waals surface area contributed by atoms with Gasteiger partial charge < -0.3 is 19.1 Å². The van der Waals surface area contributed by atoms with Crippen LogP contribution in [0.3, 0.4) is 0 Å². The highest BCUT2D eigenvalue weighted by atomic mass is 17.3. The van der Waals surface area contributed by atoms with Gasteiger partial charge in [-0.1, -0.05) is 0 Å². The minimum atomic E-state index is -0.737. The molecule has 0 radical (unpaired) electrons. The number of hydrogen-bond acceptors (Lipinski definition) is 6. The predicted octanol–water partition coefficient (Wildman–Crippen LogP) is 2.59. The fraction of sp³-hybridized carbons (Fsp3) is 0.944. The van der Waals surface area contributed by atoms with Crippen molar-refractivity contribution in [2.45, 2.75) is 69.0 Å². The lowest BCUT2D eigenvalue weighted by Crippen LogP contribution is -2.47. The summed E-state index contributed by atoms with van der Waals surface area (Å²) in [5.74, 6) is -0.118. The molecule has 0 aromatic rings. The van der Waals surface area contributed by atoms with E-state index < -0.39 is 11.6 Å². The van der Waals surface area contributed by atoms with Gasteiger partial charge in [0.25, 0.3) is 0 Å². The molecule has 5 unspecified atom stereocenters. The van der Waals surface area contributed by atoms with Crippen molar-refractivity contribution in [3.8, 4) is 0 Å². The van der Waals surface area contributed by atoms with Crippen LogP contribution in [0, 0.1) is 11.8 Å². The molecule has 5 rings (SSSR count). The summed E-state index contributed by atoms with van der Waals surface area (Å²) in [5.41, 5.74) is 0. The number of morpholine rings is 1. The molecule has 5 fully saturated rings. The van der Waals surface area contributed by atoms with Gasteiger partial charge in [-0.2, -0.15) is 9.78 Å². The van der Waals surface area contributed by atoms with Crippen LogP contribution in [0.4, 0.5) is 4.79 Å². The lowest BCUT2D eigenvalue weighted by atomic mass is 9.90. The van der Waals surface area contributed by atoms with Gasteiger partial charge >= 0.3 is 6.09 Å². The third kappa shape index (κ3) is 2.85. The Kier molecular flexibility index (Phi) is 3.96. The van der Waals surface area contributed by atoms with Gasteiger partial charge in [0.05, 0.1) is 13.2 Å². The molecule has 0 N–H and O–H groups in total. The molecule has 7 nitrogen and oxygen atoms in total. The minimum Gasteiger partial charge on any atom is -0.446 e. The van der Waals surface area contributed by atoms with Crippen LogP contribution >= 0.6 is 0 Å². The quantitative estimate of drug-likeness (QED) is 0.675. The molecule has 1 amide bonds. The van der Waals surface area contributed by atoms with Gasteiger partial charge in [0.2, 0.25) is 11.6 Å². The molecule has 0 aromatic carbocycles. The number of ether oxygens (including phenoxy) is 3. The van der Waals surface area contributed by atoms with Crippen LogP contribution in [0.25, 0.3) is 0 Å². The summed E-state index contributed by atoms with van der Waals surface area (Å²) in [6.45, 7) is 2.35. The Balaban J connectivity index is 1.22. The number of nitrogens with zero attached hydrogens (tertiary/aromatic N) is 1. The van der Waals surface area contributed by atoms with Gasteiger partial charge in [-0.05, 0) is 38.0 Å². The van der Waals surface area contributed by atoms with Crippen LogP contribution < -0.4 is 0 Å². The van der Waals surface area contributed by atoms with Gasteiger partial charge in [0.15, 0.2) is 0 Å². The average Bonchev–Trinajstić information content (AvgIpc) is 3.31. The van der Waals surface area contributed by atoms with E-state index in [0.29, 0.717) is 44.6 Å². The van der Waals surface area contributed by atoms with Crippen molar-refractivity contribution in [2.24, 2.45) is 11.8 Å². The molecule has 25 heavy (non-hydrogen) atoms. The van der Waals surface area contributed by atoms with Gasteiger partial charge in [-0.3, -0.25) is 0 Å². The zero-order chi connectivity index (χ0) is 16.9. The second-order valence-corrected chi connectivity index (χ2v) is 8.27. The van der Waals surface area contributed by atoms with Gasteiger partial charge in [-0.25, -0.2) is 4.79 Å². The molecule has 2 spiro atoms. The highest BCUT2D eigenvalue weighted by molar-refractivity contribution is 5.67. The smallest absolute Gasteiger partial charge is 0.410 e. The molecule has 2 aliphatic heterocycles. The van der Waals surface area contributed by atoms with E-state index in [1.807, 2.05) is 0 Å². The Labute approximate surface area is 147 Å². The first-order valence-electron chi connectivity index (χ1n) is 9.77. The SMILES string of the molecule is O=C(OC1CCCC2(C1)OOC1(CC3CCC1C3)O2)N1CCOCC1. The normalized spacial score (nSPS) is 46.2. The van der Waals surface area contributed by atoms with Crippen LogP contribution in [0.2, 0.25) is 0 Å². The number of hydrogen-bond donors (Lipinski definition) is 0. The van der Waals surface area contributed by atoms with Crippen LogP contribution in [-0.2, 0) is 24.0 Å². The van der Waals surface area contributed by atoms with Crippen LogP contribution in [0.15, 0.2) is 0 Å². The number of rotatable bonds is 1. The second-order valence-electron chi connectivity index (χ2n) is 8.27. The Morgan fingerprint density at radius 1 is 1.08 bits per heavy atom. The number of carbonyl (C=O) groups is 1. The maximum atomic E-state index is 12.4. The molecule has 2 bridgehead atoms. The predicted molar refractivity (Wildman–Crippen MR) is 85.3 cm³/mol. The standard InChI is InChI=1S/C18H27NO6/c20-16(19-6-8-21-9-7-19)22-15-2-1-5-17(12-15)23-18(25-24-17)11-13-3-4-14(18)10-13/h13-15H,1-12H2. The summed E-state index contributed by atoms with van der Waals surface area (Å²) in [6.07, 6.45) is 7.27. The summed E-state index contributed by atoms with van der Waals surface area (Å²) >= 11 is 0. The first kappa shape index (κ1) is 16.3. The maximum absolute atomic E-state index is 12.4. The summed E-state index contributed by atoms with van der Waals surface area (Å²) in [5, 5.41) is 0. The third-order valence-electron chi connectivity index (χ3n) is 6.59. The van der Waals surface area contributed by atoms with Crippen LogP contribution in [0.1, 0.15) is 51.4 Å².